The average Bonchev–Trinajstić information content (AvgIpc) is 2.25. The van der Waals surface area contributed by atoms with Crippen molar-refractivity contribution in [2.75, 3.05) is 0 Å². The Morgan fingerprint density at radius 3 is 2.33 bits per heavy atom. The molecule has 1 rings (SSSR count). The molecular weight excluding hydrogens is 256 g/mol. The first-order chi connectivity index (χ1) is 7.10. The van der Waals surface area contributed by atoms with Gasteiger partial charge in [0.15, 0.2) is 0 Å². The Balaban J connectivity index is 3.16. The summed E-state index contributed by atoms with van der Waals surface area (Å²) in [6, 6.07) is 3.41. The third-order valence-electron chi connectivity index (χ3n) is 1.73. The summed E-state index contributed by atoms with van der Waals surface area (Å²) in [5, 5.41) is 32.2. The maximum absolute atomic E-state index is 8.54. The van der Waals surface area contributed by atoms with Gasteiger partial charge >= 0.3 is 0 Å². The maximum atomic E-state index is 8.54. The van der Waals surface area contributed by atoms with E-state index in [0.717, 1.165) is 0 Å². The molecule has 0 aromatic rings. The van der Waals surface area contributed by atoms with Crippen molar-refractivity contribution in [1.29, 1.82) is 21.3 Å². The molecule has 0 aromatic carbocycles. The number of halogens is 1. The zero-order valence-electron chi connectivity index (χ0n) is 7.50. The summed E-state index contributed by atoms with van der Waals surface area (Å²) in [5.41, 5.74) is 0.345. The lowest BCUT2D eigenvalue weighted by molar-refractivity contribution is 1.44. The van der Waals surface area contributed by atoms with Crippen LogP contribution in [0.3, 0.4) is 0 Å². The number of rotatable bonds is 1. The van der Waals surface area contributed by atoms with Crippen molar-refractivity contribution in [3.8, 4) is 12.1 Å². The number of nitrogens with zero attached hydrogens (tertiary/aromatic N) is 2. The molecule has 0 spiro atoms. The minimum absolute atomic E-state index is 0.00706. The Morgan fingerprint density at radius 1 is 1.20 bits per heavy atom. The Hall–Kier alpha value is -1.98. The molecule has 2 N–H and O–H groups in total. The van der Waals surface area contributed by atoms with Gasteiger partial charge in [-0.1, -0.05) is 6.08 Å². The first-order valence-corrected chi connectivity index (χ1v) is 4.67. The van der Waals surface area contributed by atoms with Crippen molar-refractivity contribution < 1.29 is 0 Å². The van der Waals surface area contributed by atoms with Gasteiger partial charge in [-0.25, -0.2) is 0 Å². The Kier molecular flexibility index (Phi) is 3.33. The van der Waals surface area contributed by atoms with Crippen LogP contribution in [0.4, 0.5) is 0 Å². The SMILES string of the molecule is N#CC(C#N)=CC1=CC=C(Br)C(=N)C1=N. The van der Waals surface area contributed by atoms with Gasteiger partial charge in [0.2, 0.25) is 0 Å². The number of hydrogen-bond donors (Lipinski definition) is 2. The van der Waals surface area contributed by atoms with Gasteiger partial charge in [0.1, 0.15) is 17.7 Å². The van der Waals surface area contributed by atoms with Crippen molar-refractivity contribution in [3.63, 3.8) is 0 Å². The fraction of sp³-hybridized carbons (Fsp3) is 0. The van der Waals surface area contributed by atoms with E-state index in [0.29, 0.717) is 10.1 Å². The normalized spacial score (nSPS) is 14.6. The molecule has 1 aliphatic rings. The number of hydrogen-bond acceptors (Lipinski definition) is 4. The number of allylic oxidation sites excluding steroid dienone is 6. The van der Waals surface area contributed by atoms with Crippen LogP contribution in [0.5, 0.6) is 0 Å². The largest absolute Gasteiger partial charge is 0.298 e. The van der Waals surface area contributed by atoms with Crippen molar-refractivity contribution in [3.05, 3.63) is 33.9 Å². The van der Waals surface area contributed by atoms with Crippen LogP contribution in [0.1, 0.15) is 0 Å². The van der Waals surface area contributed by atoms with E-state index in [-0.39, 0.29) is 17.0 Å². The van der Waals surface area contributed by atoms with Crippen LogP contribution in [0.25, 0.3) is 0 Å². The minimum atomic E-state index is -0.0785. The molecular formula is C10H5BrN4. The molecule has 15 heavy (non-hydrogen) atoms. The summed E-state index contributed by atoms with van der Waals surface area (Å²) in [4.78, 5) is 0. The van der Waals surface area contributed by atoms with Gasteiger partial charge in [-0.05, 0) is 28.1 Å². The Morgan fingerprint density at radius 2 is 1.80 bits per heavy atom. The average molecular weight is 261 g/mol. The molecule has 0 saturated heterocycles. The maximum Gasteiger partial charge on any atom is 0.130 e. The van der Waals surface area contributed by atoms with Gasteiger partial charge in [-0.15, -0.1) is 0 Å². The van der Waals surface area contributed by atoms with Crippen LogP contribution in [0.15, 0.2) is 33.9 Å². The summed E-state index contributed by atoms with van der Waals surface area (Å²) in [6.07, 6.45) is 4.49. The zero-order valence-corrected chi connectivity index (χ0v) is 9.09. The summed E-state index contributed by atoms with van der Waals surface area (Å²) in [6.45, 7) is 0. The first-order valence-electron chi connectivity index (χ1n) is 3.87. The van der Waals surface area contributed by atoms with Crippen LogP contribution in [0, 0.1) is 33.5 Å². The molecule has 4 nitrogen and oxygen atoms in total. The monoisotopic (exact) mass is 260 g/mol. The predicted octanol–water partition coefficient (Wildman–Crippen LogP) is 2.22. The van der Waals surface area contributed by atoms with Crippen molar-refractivity contribution in [1.82, 2.24) is 0 Å². The minimum Gasteiger partial charge on any atom is -0.298 e. The molecule has 0 fully saturated rings. The zero-order chi connectivity index (χ0) is 11.4. The van der Waals surface area contributed by atoms with Crippen LogP contribution in [-0.2, 0) is 0 Å². The Labute approximate surface area is 95.0 Å². The molecule has 1 aliphatic carbocycles. The molecule has 0 atom stereocenters. The van der Waals surface area contributed by atoms with Crippen LogP contribution in [-0.4, -0.2) is 11.4 Å². The van der Waals surface area contributed by atoms with Gasteiger partial charge in [0.05, 0.1) is 11.4 Å². The van der Waals surface area contributed by atoms with E-state index < -0.39 is 0 Å². The van der Waals surface area contributed by atoms with Crippen molar-refractivity contribution in [2.45, 2.75) is 0 Å². The molecule has 5 heteroatoms. The highest BCUT2D eigenvalue weighted by Crippen LogP contribution is 2.18. The van der Waals surface area contributed by atoms with Crippen LogP contribution < -0.4 is 0 Å². The second kappa shape index (κ2) is 4.50. The molecule has 0 aliphatic heterocycles. The molecule has 0 radical (unpaired) electrons. The van der Waals surface area contributed by atoms with Gasteiger partial charge in [-0.2, -0.15) is 10.5 Å². The Bertz CT molecular complexity index is 493. The van der Waals surface area contributed by atoms with Gasteiger partial charge in [-0.3, -0.25) is 10.8 Å². The highest BCUT2D eigenvalue weighted by atomic mass is 79.9. The predicted molar refractivity (Wildman–Crippen MR) is 59.9 cm³/mol. The standard InChI is InChI=1S/C10H5BrN4/c11-8-2-1-7(9(14)10(8)15)3-6(4-12)5-13/h1-3,14-15H. The van der Waals surface area contributed by atoms with E-state index in [9.17, 15) is 0 Å². The van der Waals surface area contributed by atoms with Gasteiger partial charge < -0.3 is 0 Å². The third kappa shape index (κ3) is 2.28. The topological polar surface area (TPSA) is 95.3 Å². The molecule has 72 valence electrons. The summed E-state index contributed by atoms with van der Waals surface area (Å²) in [7, 11) is 0. The third-order valence-corrected chi connectivity index (χ3v) is 2.39. The van der Waals surface area contributed by atoms with Crippen molar-refractivity contribution in [2.24, 2.45) is 0 Å². The lowest BCUT2D eigenvalue weighted by Crippen LogP contribution is -2.16. The molecule has 0 unspecified atom stereocenters. The summed E-state index contributed by atoms with van der Waals surface area (Å²) < 4.78 is 0.514. The fourth-order valence-electron chi connectivity index (χ4n) is 0.959. The molecule has 0 heterocycles. The highest BCUT2D eigenvalue weighted by Gasteiger charge is 2.16. The first kappa shape index (κ1) is 11.1. The fourth-order valence-corrected chi connectivity index (χ4v) is 1.29. The quantitative estimate of drug-likeness (QED) is 0.559. The second-order valence-electron chi connectivity index (χ2n) is 2.67. The van der Waals surface area contributed by atoms with Gasteiger partial charge in [0, 0.05) is 10.1 Å². The van der Waals surface area contributed by atoms with Gasteiger partial charge in [0.25, 0.3) is 0 Å². The molecule has 0 bridgehead atoms. The van der Waals surface area contributed by atoms with Crippen molar-refractivity contribution >= 4 is 27.4 Å². The molecule has 0 saturated carbocycles. The highest BCUT2D eigenvalue weighted by molar-refractivity contribution is 9.12. The second-order valence-corrected chi connectivity index (χ2v) is 3.52. The lowest BCUT2D eigenvalue weighted by Gasteiger charge is -2.10. The lowest BCUT2D eigenvalue weighted by atomic mass is 9.99. The summed E-state index contributed by atoms with van der Waals surface area (Å²) >= 11 is 3.12. The smallest absolute Gasteiger partial charge is 0.130 e. The van der Waals surface area contributed by atoms with E-state index in [1.54, 1.807) is 24.3 Å². The van der Waals surface area contributed by atoms with E-state index in [1.165, 1.54) is 6.08 Å². The van der Waals surface area contributed by atoms with E-state index in [4.69, 9.17) is 21.3 Å². The van der Waals surface area contributed by atoms with E-state index in [1.807, 2.05) is 0 Å². The number of nitriles is 2. The van der Waals surface area contributed by atoms with Crippen LogP contribution in [0.2, 0.25) is 0 Å². The van der Waals surface area contributed by atoms with E-state index >= 15 is 0 Å². The van der Waals surface area contributed by atoms with E-state index in [2.05, 4.69) is 15.9 Å². The summed E-state index contributed by atoms with van der Waals surface area (Å²) in [5.74, 6) is 0. The van der Waals surface area contributed by atoms with Crippen LogP contribution >= 0.6 is 15.9 Å². The number of nitrogens with one attached hydrogen (secondary N) is 2. The molecule has 0 aromatic heterocycles. The molecule has 0 amide bonds.